The van der Waals surface area contributed by atoms with Crippen LogP contribution >= 0.6 is 0 Å². The van der Waals surface area contributed by atoms with Gasteiger partial charge in [0.05, 0.1) is 12.2 Å². The number of carbonyl (C=O) groups is 4. The van der Waals surface area contributed by atoms with Crippen LogP contribution < -0.4 is 10.6 Å². The first kappa shape index (κ1) is 20.8. The lowest BCUT2D eigenvalue weighted by Crippen LogP contribution is -2.44. The fourth-order valence-electron chi connectivity index (χ4n) is 3.72. The van der Waals surface area contributed by atoms with Crippen LogP contribution in [0.1, 0.15) is 58.9 Å². The number of hydrogen-bond acceptors (Lipinski definition) is 6. The van der Waals surface area contributed by atoms with Crippen molar-refractivity contribution in [2.24, 2.45) is 0 Å². The van der Waals surface area contributed by atoms with E-state index in [4.69, 9.17) is 4.74 Å². The maximum absolute atomic E-state index is 12.6. The van der Waals surface area contributed by atoms with Crippen molar-refractivity contribution in [3.8, 4) is 0 Å². The molecule has 0 aromatic carbocycles. The summed E-state index contributed by atoms with van der Waals surface area (Å²) in [7, 11) is 0. The molecule has 1 spiro atoms. The summed E-state index contributed by atoms with van der Waals surface area (Å²) in [5.74, 6) is -1.23. The van der Waals surface area contributed by atoms with Crippen LogP contribution in [0.25, 0.3) is 0 Å². The van der Waals surface area contributed by atoms with Crippen LogP contribution in [0.5, 0.6) is 0 Å². The highest BCUT2D eigenvalue weighted by atomic mass is 16.5. The number of imide groups is 1. The van der Waals surface area contributed by atoms with E-state index in [-0.39, 0.29) is 6.04 Å². The smallest absolute Gasteiger partial charge is 0.327 e. The lowest BCUT2D eigenvalue weighted by molar-refractivity contribution is -0.155. The van der Waals surface area contributed by atoms with Crippen molar-refractivity contribution in [2.45, 2.75) is 70.6 Å². The number of nitrogens with zero attached hydrogens (tertiary/aromatic N) is 3. The number of anilines is 1. The minimum atomic E-state index is -1.09. The Morgan fingerprint density at radius 2 is 2.00 bits per heavy atom. The van der Waals surface area contributed by atoms with Gasteiger partial charge in [-0.05, 0) is 33.1 Å². The van der Waals surface area contributed by atoms with Gasteiger partial charge in [-0.2, -0.15) is 5.10 Å². The number of esters is 1. The summed E-state index contributed by atoms with van der Waals surface area (Å²) in [4.78, 5) is 50.2. The molecule has 10 heteroatoms. The molecule has 0 bridgehead atoms. The molecule has 29 heavy (non-hydrogen) atoms. The molecule has 1 aliphatic heterocycles. The van der Waals surface area contributed by atoms with E-state index in [2.05, 4.69) is 15.7 Å². The topological polar surface area (TPSA) is 123 Å². The number of amides is 4. The van der Waals surface area contributed by atoms with Crippen LogP contribution in [0.4, 0.5) is 10.6 Å². The SMILES string of the molecule is CC[C@@H](C)n1nccc1NC(=O)[C@@H](C)OC(=O)CN1C(=O)NC2(CCCC2)C1=O. The van der Waals surface area contributed by atoms with Gasteiger partial charge in [0.25, 0.3) is 11.8 Å². The summed E-state index contributed by atoms with van der Waals surface area (Å²) in [5.41, 5.74) is -0.880. The molecule has 1 saturated heterocycles. The summed E-state index contributed by atoms with van der Waals surface area (Å²) in [6.07, 6.45) is 4.18. The van der Waals surface area contributed by atoms with Crippen molar-refractivity contribution in [2.75, 3.05) is 11.9 Å². The van der Waals surface area contributed by atoms with Crippen molar-refractivity contribution in [3.05, 3.63) is 12.3 Å². The van der Waals surface area contributed by atoms with Crippen LogP contribution in [0.3, 0.4) is 0 Å². The molecule has 2 heterocycles. The van der Waals surface area contributed by atoms with E-state index in [9.17, 15) is 19.2 Å². The number of urea groups is 1. The molecule has 2 aliphatic rings. The first-order chi connectivity index (χ1) is 13.8. The summed E-state index contributed by atoms with van der Waals surface area (Å²) < 4.78 is 6.82. The highest BCUT2D eigenvalue weighted by Gasteiger charge is 2.52. The fourth-order valence-corrected chi connectivity index (χ4v) is 3.72. The Morgan fingerprint density at radius 3 is 2.66 bits per heavy atom. The van der Waals surface area contributed by atoms with E-state index < -0.39 is 42.0 Å². The summed E-state index contributed by atoms with van der Waals surface area (Å²) in [5, 5.41) is 9.58. The zero-order chi connectivity index (χ0) is 21.2. The van der Waals surface area contributed by atoms with E-state index in [1.54, 1.807) is 16.9 Å². The number of aromatic nitrogens is 2. The minimum absolute atomic E-state index is 0.0979. The highest BCUT2D eigenvalue weighted by Crippen LogP contribution is 2.34. The quantitative estimate of drug-likeness (QED) is 0.525. The number of rotatable bonds is 7. The summed E-state index contributed by atoms with van der Waals surface area (Å²) >= 11 is 0. The molecule has 0 radical (unpaired) electrons. The van der Waals surface area contributed by atoms with Gasteiger partial charge in [0.15, 0.2) is 6.10 Å². The highest BCUT2D eigenvalue weighted by molar-refractivity contribution is 6.09. The number of carbonyl (C=O) groups excluding carboxylic acids is 4. The minimum Gasteiger partial charge on any atom is -0.451 e. The molecule has 1 aromatic rings. The first-order valence-electron chi connectivity index (χ1n) is 9.95. The number of ether oxygens (including phenoxy) is 1. The van der Waals surface area contributed by atoms with E-state index in [0.717, 1.165) is 24.2 Å². The molecular formula is C19H27N5O5. The molecule has 2 fully saturated rings. The molecular weight excluding hydrogens is 378 g/mol. The molecule has 1 saturated carbocycles. The van der Waals surface area contributed by atoms with E-state index in [0.29, 0.717) is 18.7 Å². The summed E-state index contributed by atoms with van der Waals surface area (Å²) in [6, 6.07) is 1.16. The molecule has 4 amide bonds. The standard InChI is InChI=1S/C19H27N5O5/c1-4-12(2)24-14(7-10-20-24)21-16(26)13(3)29-15(25)11-23-17(27)19(22-18(23)28)8-5-6-9-19/h7,10,12-13H,4-6,8-9,11H2,1-3H3,(H,21,26)(H,22,28)/t12-,13-/m1/s1. The zero-order valence-electron chi connectivity index (χ0n) is 16.9. The number of nitrogens with one attached hydrogen (secondary N) is 2. The predicted octanol–water partition coefficient (Wildman–Crippen LogP) is 1.59. The monoisotopic (exact) mass is 405 g/mol. The Morgan fingerprint density at radius 1 is 1.31 bits per heavy atom. The molecule has 3 rings (SSSR count). The second kappa shape index (κ2) is 8.22. The van der Waals surface area contributed by atoms with Crippen molar-refractivity contribution < 1.29 is 23.9 Å². The average molecular weight is 405 g/mol. The maximum atomic E-state index is 12.6. The Kier molecular flexibility index (Phi) is 5.90. The van der Waals surface area contributed by atoms with Crippen molar-refractivity contribution in [1.82, 2.24) is 20.0 Å². The van der Waals surface area contributed by atoms with Gasteiger partial charge in [-0.15, -0.1) is 0 Å². The molecule has 1 aliphatic carbocycles. The van der Waals surface area contributed by atoms with Crippen LogP contribution in [0, 0.1) is 0 Å². The van der Waals surface area contributed by atoms with E-state index in [1.165, 1.54) is 6.92 Å². The first-order valence-corrected chi connectivity index (χ1v) is 9.95. The molecule has 2 N–H and O–H groups in total. The van der Waals surface area contributed by atoms with Crippen LogP contribution in [0.2, 0.25) is 0 Å². The third-order valence-electron chi connectivity index (χ3n) is 5.60. The van der Waals surface area contributed by atoms with Gasteiger partial charge < -0.3 is 15.4 Å². The molecule has 158 valence electrons. The second-order valence-corrected chi connectivity index (χ2v) is 7.65. The van der Waals surface area contributed by atoms with Crippen LogP contribution in [0.15, 0.2) is 12.3 Å². The fraction of sp³-hybridized carbons (Fsp3) is 0.632. The molecule has 10 nitrogen and oxygen atoms in total. The zero-order valence-corrected chi connectivity index (χ0v) is 16.9. The van der Waals surface area contributed by atoms with Gasteiger partial charge in [-0.3, -0.25) is 19.3 Å². The Hall–Kier alpha value is -2.91. The van der Waals surface area contributed by atoms with Gasteiger partial charge in [0.2, 0.25) is 0 Å². The van der Waals surface area contributed by atoms with Gasteiger partial charge >= 0.3 is 12.0 Å². The van der Waals surface area contributed by atoms with Crippen molar-refractivity contribution in [1.29, 1.82) is 0 Å². The maximum Gasteiger partial charge on any atom is 0.327 e. The third kappa shape index (κ3) is 4.10. The predicted molar refractivity (Wildman–Crippen MR) is 103 cm³/mol. The van der Waals surface area contributed by atoms with Crippen molar-refractivity contribution in [3.63, 3.8) is 0 Å². The Labute approximate surface area is 168 Å². The van der Waals surface area contributed by atoms with E-state index >= 15 is 0 Å². The average Bonchev–Trinajstić information content (AvgIpc) is 3.39. The Balaban J connectivity index is 1.55. The second-order valence-electron chi connectivity index (χ2n) is 7.65. The van der Waals surface area contributed by atoms with Crippen LogP contribution in [-0.4, -0.2) is 56.7 Å². The van der Waals surface area contributed by atoms with Gasteiger partial charge in [0, 0.05) is 6.07 Å². The lowest BCUT2D eigenvalue weighted by Gasteiger charge is -2.20. The van der Waals surface area contributed by atoms with Crippen molar-refractivity contribution >= 4 is 29.6 Å². The molecule has 0 unspecified atom stereocenters. The van der Waals surface area contributed by atoms with Gasteiger partial charge in [-0.25, -0.2) is 9.48 Å². The molecule has 1 aromatic heterocycles. The number of hydrogen-bond donors (Lipinski definition) is 2. The lowest BCUT2D eigenvalue weighted by atomic mass is 9.98. The Bertz CT molecular complexity index is 814. The third-order valence-corrected chi connectivity index (χ3v) is 5.60. The van der Waals surface area contributed by atoms with Crippen LogP contribution in [-0.2, 0) is 19.1 Å². The summed E-state index contributed by atoms with van der Waals surface area (Å²) in [6.45, 7) is 4.89. The van der Waals surface area contributed by atoms with Gasteiger partial charge in [0.1, 0.15) is 17.9 Å². The largest absolute Gasteiger partial charge is 0.451 e. The van der Waals surface area contributed by atoms with E-state index in [1.807, 2.05) is 13.8 Å². The normalized spacial score (nSPS) is 19.9. The van der Waals surface area contributed by atoms with Gasteiger partial charge in [-0.1, -0.05) is 19.8 Å². The molecule has 2 atom stereocenters.